The van der Waals surface area contributed by atoms with Crippen LogP contribution >= 0.6 is 11.6 Å². The molecule has 0 bridgehead atoms. The number of hydrogen-bond acceptors (Lipinski definition) is 2. The third kappa shape index (κ3) is 6.39. The molecule has 0 N–H and O–H groups in total. The van der Waals surface area contributed by atoms with Gasteiger partial charge in [0.15, 0.2) is 0 Å². The number of rotatable bonds is 8. The maximum Gasteiger partial charge on any atom is 0.333 e. The lowest BCUT2D eigenvalue weighted by atomic mass is 10.1. The zero-order chi connectivity index (χ0) is 15.9. The van der Waals surface area contributed by atoms with E-state index in [-0.39, 0.29) is 18.4 Å². The Kier molecular flexibility index (Phi) is 9.42. The van der Waals surface area contributed by atoms with Gasteiger partial charge in [-0.1, -0.05) is 30.3 Å². The lowest BCUT2D eigenvalue weighted by molar-refractivity contribution is -0.937. The Morgan fingerprint density at radius 3 is 2.23 bits per heavy atom. The fraction of sp³-hybridized carbons (Fsp3) is 0.471. The fourth-order valence-electron chi connectivity index (χ4n) is 2.27. The van der Waals surface area contributed by atoms with E-state index in [1.165, 1.54) is 5.56 Å². The summed E-state index contributed by atoms with van der Waals surface area (Å²) in [4.78, 5) is 11.5. The van der Waals surface area contributed by atoms with Gasteiger partial charge in [-0.15, -0.1) is 0 Å². The Hall–Kier alpha value is -1.03. The van der Waals surface area contributed by atoms with E-state index in [0.29, 0.717) is 12.2 Å². The van der Waals surface area contributed by atoms with Crippen LogP contribution in [-0.2, 0) is 16.1 Å². The van der Waals surface area contributed by atoms with Gasteiger partial charge in [0.25, 0.3) is 0 Å². The highest BCUT2D eigenvalue weighted by Crippen LogP contribution is 2.17. The van der Waals surface area contributed by atoms with E-state index in [1.54, 1.807) is 6.92 Å². The summed E-state index contributed by atoms with van der Waals surface area (Å²) in [6.45, 7) is 13.7. The summed E-state index contributed by atoms with van der Waals surface area (Å²) >= 11 is 5.93. The van der Waals surface area contributed by atoms with Gasteiger partial charge in [0.1, 0.15) is 19.7 Å². The van der Waals surface area contributed by atoms with Gasteiger partial charge in [-0.3, -0.25) is 0 Å². The number of esters is 1. The van der Waals surface area contributed by atoms with Crippen LogP contribution in [0.1, 0.15) is 26.3 Å². The van der Waals surface area contributed by atoms with Crippen molar-refractivity contribution < 1.29 is 26.4 Å². The normalized spacial score (nSPS) is 10.7. The number of halogens is 2. The van der Waals surface area contributed by atoms with Crippen LogP contribution in [0.3, 0.4) is 0 Å². The molecule has 0 aliphatic rings. The highest BCUT2D eigenvalue weighted by atomic mass is 35.5. The van der Waals surface area contributed by atoms with Gasteiger partial charge in [0, 0.05) is 16.2 Å². The van der Waals surface area contributed by atoms with E-state index in [1.807, 2.05) is 12.1 Å². The maximum absolute atomic E-state index is 11.5. The van der Waals surface area contributed by atoms with Crippen LogP contribution in [0.15, 0.2) is 36.4 Å². The molecule has 0 atom stereocenters. The maximum atomic E-state index is 11.5. The predicted octanol–water partition coefficient (Wildman–Crippen LogP) is 0.820. The van der Waals surface area contributed by atoms with Crippen LogP contribution in [0.4, 0.5) is 0 Å². The summed E-state index contributed by atoms with van der Waals surface area (Å²) in [5.74, 6) is -0.313. The topological polar surface area (TPSA) is 26.3 Å². The molecule has 0 saturated carbocycles. The molecule has 1 aromatic rings. The number of hydrogen-bond donors (Lipinski definition) is 0. The second-order valence-corrected chi connectivity index (χ2v) is 5.83. The zero-order valence-corrected chi connectivity index (χ0v) is 15.1. The third-order valence-electron chi connectivity index (χ3n) is 3.92. The first kappa shape index (κ1) is 21.0. The molecule has 124 valence electrons. The molecule has 0 saturated heterocycles. The molecule has 1 aromatic carbocycles. The molecule has 0 unspecified atom stereocenters. The Labute approximate surface area is 144 Å². The summed E-state index contributed by atoms with van der Waals surface area (Å²) in [6.07, 6.45) is 0. The summed E-state index contributed by atoms with van der Waals surface area (Å²) in [5.41, 5.74) is 1.69. The SMILES string of the molecule is C=C(C)C(=O)OCC[N+](CC)(CC)Cc1ccc(Cl)cc1.[Cl-]. The van der Waals surface area contributed by atoms with Crippen LogP contribution in [0.2, 0.25) is 5.02 Å². The molecule has 0 heterocycles. The van der Waals surface area contributed by atoms with Gasteiger partial charge in [-0.05, 0) is 32.9 Å². The highest BCUT2D eigenvalue weighted by molar-refractivity contribution is 6.30. The minimum Gasteiger partial charge on any atom is -1.00 e. The fourth-order valence-corrected chi connectivity index (χ4v) is 2.40. The van der Waals surface area contributed by atoms with Gasteiger partial charge in [0.2, 0.25) is 0 Å². The molecule has 0 aliphatic carbocycles. The summed E-state index contributed by atoms with van der Waals surface area (Å²) in [7, 11) is 0. The molecule has 1 rings (SSSR count). The van der Waals surface area contributed by atoms with Crippen molar-refractivity contribution in [2.75, 3.05) is 26.2 Å². The van der Waals surface area contributed by atoms with Crippen molar-refractivity contribution in [1.29, 1.82) is 0 Å². The highest BCUT2D eigenvalue weighted by Gasteiger charge is 2.24. The van der Waals surface area contributed by atoms with Gasteiger partial charge in [-0.2, -0.15) is 0 Å². The lowest BCUT2D eigenvalue weighted by Gasteiger charge is -2.36. The van der Waals surface area contributed by atoms with Crippen LogP contribution < -0.4 is 12.4 Å². The number of carbonyl (C=O) groups excluding carboxylic acids is 1. The molecule has 0 amide bonds. The van der Waals surface area contributed by atoms with E-state index in [9.17, 15) is 4.79 Å². The summed E-state index contributed by atoms with van der Waals surface area (Å²) in [6, 6.07) is 7.94. The number of benzene rings is 1. The molecule has 0 spiro atoms. The van der Waals surface area contributed by atoms with Gasteiger partial charge >= 0.3 is 5.97 Å². The van der Waals surface area contributed by atoms with Gasteiger partial charge < -0.3 is 21.6 Å². The number of likely N-dealkylation sites (N-methyl/N-ethyl adjacent to an activating group) is 1. The third-order valence-corrected chi connectivity index (χ3v) is 4.17. The van der Waals surface area contributed by atoms with Crippen molar-refractivity contribution in [2.45, 2.75) is 27.3 Å². The van der Waals surface area contributed by atoms with E-state index >= 15 is 0 Å². The molecule has 0 fully saturated rings. The van der Waals surface area contributed by atoms with Crippen LogP contribution in [0.25, 0.3) is 0 Å². The minimum atomic E-state index is -0.313. The summed E-state index contributed by atoms with van der Waals surface area (Å²) < 4.78 is 6.12. The van der Waals surface area contributed by atoms with Crippen molar-refractivity contribution in [3.05, 3.63) is 47.0 Å². The molecule has 22 heavy (non-hydrogen) atoms. The van der Waals surface area contributed by atoms with E-state index in [2.05, 4.69) is 32.6 Å². The number of quaternary nitrogens is 1. The van der Waals surface area contributed by atoms with Crippen molar-refractivity contribution >= 4 is 17.6 Å². The molecule has 3 nitrogen and oxygen atoms in total. The monoisotopic (exact) mass is 345 g/mol. The van der Waals surface area contributed by atoms with E-state index < -0.39 is 0 Å². The van der Waals surface area contributed by atoms with Crippen molar-refractivity contribution in [3.63, 3.8) is 0 Å². The molecular formula is C17H25Cl2NO2. The largest absolute Gasteiger partial charge is 1.00 e. The van der Waals surface area contributed by atoms with Crippen molar-refractivity contribution in [2.24, 2.45) is 0 Å². The average Bonchev–Trinajstić information content (AvgIpc) is 2.48. The Balaban J connectivity index is 0.00000441. The van der Waals surface area contributed by atoms with Gasteiger partial charge in [-0.25, -0.2) is 4.79 Å². The van der Waals surface area contributed by atoms with Crippen LogP contribution in [-0.4, -0.2) is 36.7 Å². The summed E-state index contributed by atoms with van der Waals surface area (Å²) in [5, 5.41) is 0.750. The van der Waals surface area contributed by atoms with Crippen LogP contribution in [0.5, 0.6) is 0 Å². The molecular weight excluding hydrogens is 321 g/mol. The second-order valence-electron chi connectivity index (χ2n) is 5.40. The minimum absolute atomic E-state index is 0. The first-order valence-electron chi connectivity index (χ1n) is 7.34. The van der Waals surface area contributed by atoms with Crippen molar-refractivity contribution in [3.8, 4) is 0 Å². The molecule has 0 aliphatic heterocycles. The molecule has 0 aromatic heterocycles. The van der Waals surface area contributed by atoms with Gasteiger partial charge in [0.05, 0.1) is 13.1 Å². The standard InChI is InChI=1S/C17H25ClNO2.ClH/c1-5-19(6-2,11-12-21-17(20)14(3)4)13-15-7-9-16(18)10-8-15;/h7-10H,3,5-6,11-13H2,1-2,4H3;1H/q+1;/p-1. The number of carbonyl (C=O) groups is 1. The Morgan fingerprint density at radius 1 is 1.23 bits per heavy atom. The lowest BCUT2D eigenvalue weighted by Crippen LogP contribution is -3.00. The van der Waals surface area contributed by atoms with E-state index in [0.717, 1.165) is 35.7 Å². The number of nitrogens with zero attached hydrogens (tertiary/aromatic N) is 1. The first-order valence-corrected chi connectivity index (χ1v) is 7.72. The predicted molar refractivity (Wildman–Crippen MR) is 87.1 cm³/mol. The quantitative estimate of drug-likeness (QED) is 0.396. The first-order chi connectivity index (χ1) is 9.92. The number of ether oxygens (including phenoxy) is 1. The van der Waals surface area contributed by atoms with Crippen LogP contribution in [0, 0.1) is 0 Å². The smallest absolute Gasteiger partial charge is 0.333 e. The van der Waals surface area contributed by atoms with Crippen molar-refractivity contribution in [1.82, 2.24) is 0 Å². The Bertz CT molecular complexity index is 482. The molecule has 0 radical (unpaired) electrons. The average molecular weight is 346 g/mol. The second kappa shape index (κ2) is 9.88. The van der Waals surface area contributed by atoms with E-state index in [4.69, 9.17) is 16.3 Å². The molecule has 5 heteroatoms. The zero-order valence-electron chi connectivity index (χ0n) is 13.6. The Morgan fingerprint density at radius 2 is 1.77 bits per heavy atom.